The predicted octanol–water partition coefficient (Wildman–Crippen LogP) is 1.57. The molecular weight excluding hydrogens is 218 g/mol. The first-order valence-corrected chi connectivity index (χ1v) is 5.35. The number of rotatable bonds is 2. The van der Waals surface area contributed by atoms with Crippen molar-refractivity contribution in [1.29, 1.82) is 0 Å². The van der Waals surface area contributed by atoms with Crippen LogP contribution in [-0.2, 0) is 0 Å². The summed E-state index contributed by atoms with van der Waals surface area (Å²) in [4.78, 5) is 12.3. The molecule has 0 fully saturated rings. The van der Waals surface area contributed by atoms with E-state index in [2.05, 4.69) is 20.1 Å². The molecule has 2 aromatic rings. The molecule has 0 amide bonds. The Morgan fingerprint density at radius 2 is 1.82 bits per heavy atom. The highest BCUT2D eigenvalue weighted by Crippen LogP contribution is 2.29. The Labute approximate surface area is 99.3 Å². The smallest absolute Gasteiger partial charge is 0.244 e. The molecule has 2 heterocycles. The van der Waals surface area contributed by atoms with E-state index in [0.29, 0.717) is 17.5 Å². The molecule has 2 N–H and O–H groups in total. The van der Waals surface area contributed by atoms with Gasteiger partial charge in [0.05, 0.1) is 6.04 Å². The summed E-state index contributed by atoms with van der Waals surface area (Å²) in [6.45, 7) is 6.04. The van der Waals surface area contributed by atoms with Crippen LogP contribution in [0.25, 0.3) is 11.6 Å². The molecule has 2 aromatic heterocycles. The fourth-order valence-electron chi connectivity index (χ4n) is 1.24. The monoisotopic (exact) mass is 233 g/mol. The van der Waals surface area contributed by atoms with Gasteiger partial charge < -0.3 is 10.3 Å². The maximum atomic E-state index is 6.03. The molecule has 0 aliphatic heterocycles. The van der Waals surface area contributed by atoms with Crippen LogP contribution >= 0.6 is 0 Å². The number of hydrogen-bond acceptors (Lipinski definition) is 6. The van der Waals surface area contributed by atoms with Crippen LogP contribution < -0.4 is 5.73 Å². The van der Waals surface area contributed by atoms with Crippen LogP contribution in [0.5, 0.6) is 0 Å². The minimum absolute atomic E-state index is 0.138. The molecule has 6 nitrogen and oxygen atoms in total. The van der Waals surface area contributed by atoms with Gasteiger partial charge in [0.1, 0.15) is 0 Å². The topological polar surface area (TPSA) is 90.7 Å². The first kappa shape index (κ1) is 11.7. The highest BCUT2D eigenvalue weighted by atomic mass is 16.5. The van der Waals surface area contributed by atoms with Gasteiger partial charge in [-0.05, 0) is 11.5 Å². The van der Waals surface area contributed by atoms with Crippen molar-refractivity contribution < 1.29 is 4.52 Å². The lowest BCUT2D eigenvalue weighted by molar-refractivity contribution is 0.253. The van der Waals surface area contributed by atoms with Crippen LogP contribution in [0.4, 0.5) is 0 Å². The van der Waals surface area contributed by atoms with Gasteiger partial charge in [0.15, 0.2) is 0 Å². The zero-order valence-electron chi connectivity index (χ0n) is 10.1. The molecule has 0 spiro atoms. The van der Waals surface area contributed by atoms with E-state index in [1.165, 1.54) is 0 Å². The molecule has 2 rings (SSSR count). The fourth-order valence-corrected chi connectivity index (χ4v) is 1.24. The van der Waals surface area contributed by atoms with Crippen LogP contribution in [-0.4, -0.2) is 20.1 Å². The zero-order valence-corrected chi connectivity index (χ0v) is 10.1. The molecule has 0 unspecified atom stereocenters. The van der Waals surface area contributed by atoms with Crippen LogP contribution in [0.3, 0.4) is 0 Å². The van der Waals surface area contributed by atoms with E-state index in [-0.39, 0.29) is 11.5 Å². The third-order valence-electron chi connectivity index (χ3n) is 2.41. The van der Waals surface area contributed by atoms with Crippen molar-refractivity contribution in [3.05, 3.63) is 24.4 Å². The molecule has 0 aliphatic carbocycles. The van der Waals surface area contributed by atoms with Crippen molar-refractivity contribution in [3.8, 4) is 11.6 Å². The second-order valence-corrected chi connectivity index (χ2v) is 4.87. The fraction of sp³-hybridized carbons (Fsp3) is 0.455. The largest absolute Gasteiger partial charge is 0.337 e. The molecule has 0 radical (unpaired) electrons. The maximum Gasteiger partial charge on any atom is 0.244 e. The average molecular weight is 233 g/mol. The van der Waals surface area contributed by atoms with Gasteiger partial charge in [0, 0.05) is 12.4 Å². The number of aromatic nitrogens is 4. The van der Waals surface area contributed by atoms with Crippen LogP contribution in [0.15, 0.2) is 23.0 Å². The van der Waals surface area contributed by atoms with Crippen LogP contribution in [0.1, 0.15) is 32.7 Å². The quantitative estimate of drug-likeness (QED) is 0.846. The van der Waals surface area contributed by atoms with E-state index in [1.807, 2.05) is 20.8 Å². The van der Waals surface area contributed by atoms with E-state index in [1.54, 1.807) is 18.5 Å². The highest BCUT2D eigenvalue weighted by Gasteiger charge is 2.28. The Balaban J connectivity index is 2.28. The molecule has 1 atom stereocenters. The first-order chi connectivity index (χ1) is 7.98. The van der Waals surface area contributed by atoms with Crippen molar-refractivity contribution in [2.75, 3.05) is 0 Å². The Hall–Kier alpha value is -1.82. The molecule has 0 saturated heterocycles. The lowest BCUT2D eigenvalue weighted by atomic mass is 9.87. The van der Waals surface area contributed by atoms with E-state index in [0.717, 1.165) is 0 Å². The van der Waals surface area contributed by atoms with E-state index < -0.39 is 0 Å². The van der Waals surface area contributed by atoms with Gasteiger partial charge in [-0.3, -0.25) is 0 Å². The third kappa shape index (κ3) is 2.47. The summed E-state index contributed by atoms with van der Waals surface area (Å²) in [7, 11) is 0. The standard InChI is InChI=1S/C11H15N5O/c1-11(2,3)7(12)10-15-9(16-17-10)8-13-5-4-6-14-8/h4-7H,12H2,1-3H3/t7-/m1/s1. The number of hydrogen-bond donors (Lipinski definition) is 1. The van der Waals surface area contributed by atoms with Gasteiger partial charge in [-0.25, -0.2) is 9.97 Å². The summed E-state index contributed by atoms with van der Waals surface area (Å²) < 4.78 is 5.14. The van der Waals surface area contributed by atoms with Crippen LogP contribution in [0, 0.1) is 5.41 Å². The second kappa shape index (κ2) is 4.21. The van der Waals surface area contributed by atoms with Crippen molar-refractivity contribution in [2.24, 2.45) is 11.1 Å². The summed E-state index contributed by atoms with van der Waals surface area (Å²) in [5.41, 5.74) is 5.89. The molecule has 0 bridgehead atoms. The Bertz CT molecular complexity index is 488. The zero-order chi connectivity index (χ0) is 12.5. The van der Waals surface area contributed by atoms with E-state index >= 15 is 0 Å². The molecule has 0 aromatic carbocycles. The van der Waals surface area contributed by atoms with Gasteiger partial charge >= 0.3 is 0 Å². The lowest BCUT2D eigenvalue weighted by Gasteiger charge is -2.23. The van der Waals surface area contributed by atoms with Gasteiger partial charge in [0.25, 0.3) is 0 Å². The SMILES string of the molecule is CC(C)(C)[C@H](N)c1nc(-c2ncccn2)no1. The van der Waals surface area contributed by atoms with E-state index in [9.17, 15) is 0 Å². The minimum atomic E-state index is -0.313. The molecule has 0 saturated carbocycles. The average Bonchev–Trinajstić information content (AvgIpc) is 2.77. The summed E-state index contributed by atoms with van der Waals surface area (Å²) in [5, 5.41) is 3.83. The van der Waals surface area contributed by atoms with Gasteiger partial charge in [-0.2, -0.15) is 4.98 Å². The summed E-state index contributed by atoms with van der Waals surface area (Å²) in [5.74, 6) is 1.20. The Kier molecular flexibility index (Phi) is 2.89. The molecule has 0 aliphatic rings. The second-order valence-electron chi connectivity index (χ2n) is 4.87. The van der Waals surface area contributed by atoms with Crippen molar-refractivity contribution in [2.45, 2.75) is 26.8 Å². The first-order valence-electron chi connectivity index (χ1n) is 5.35. The van der Waals surface area contributed by atoms with Crippen molar-refractivity contribution in [3.63, 3.8) is 0 Å². The van der Waals surface area contributed by atoms with Crippen molar-refractivity contribution in [1.82, 2.24) is 20.1 Å². The summed E-state index contributed by atoms with van der Waals surface area (Å²) >= 11 is 0. The van der Waals surface area contributed by atoms with Crippen LogP contribution in [0.2, 0.25) is 0 Å². The molecule has 17 heavy (non-hydrogen) atoms. The summed E-state index contributed by atoms with van der Waals surface area (Å²) in [6.07, 6.45) is 3.25. The lowest BCUT2D eigenvalue weighted by Crippen LogP contribution is -2.26. The van der Waals surface area contributed by atoms with Crippen molar-refractivity contribution >= 4 is 0 Å². The van der Waals surface area contributed by atoms with Gasteiger partial charge in [0.2, 0.25) is 17.5 Å². The van der Waals surface area contributed by atoms with Gasteiger partial charge in [-0.15, -0.1) is 0 Å². The molecular formula is C11H15N5O. The van der Waals surface area contributed by atoms with Gasteiger partial charge in [-0.1, -0.05) is 25.9 Å². The number of nitrogens with zero attached hydrogens (tertiary/aromatic N) is 4. The summed E-state index contributed by atoms with van der Waals surface area (Å²) in [6, 6.07) is 1.42. The predicted molar refractivity (Wildman–Crippen MR) is 61.7 cm³/mol. The maximum absolute atomic E-state index is 6.03. The normalized spacial score (nSPS) is 13.6. The molecule has 6 heteroatoms. The minimum Gasteiger partial charge on any atom is -0.337 e. The number of nitrogens with two attached hydrogens (primary N) is 1. The van der Waals surface area contributed by atoms with E-state index in [4.69, 9.17) is 10.3 Å². The third-order valence-corrected chi connectivity index (χ3v) is 2.41. The highest BCUT2D eigenvalue weighted by molar-refractivity contribution is 5.40. The Morgan fingerprint density at radius 3 is 2.41 bits per heavy atom. The molecule has 90 valence electrons. The Morgan fingerprint density at radius 1 is 1.18 bits per heavy atom.